The molecule has 0 aliphatic heterocycles. The van der Waals surface area contributed by atoms with Gasteiger partial charge in [-0.2, -0.15) is 5.10 Å². The van der Waals surface area contributed by atoms with Gasteiger partial charge in [0.25, 0.3) is 5.91 Å². The van der Waals surface area contributed by atoms with Crippen LogP contribution >= 0.6 is 11.3 Å². The van der Waals surface area contributed by atoms with E-state index in [1.54, 1.807) is 18.4 Å². The molecule has 3 N–H and O–H groups in total. The lowest BCUT2D eigenvalue weighted by atomic mass is 10.1. The first-order valence-corrected chi connectivity index (χ1v) is 10.1. The van der Waals surface area contributed by atoms with Gasteiger partial charge < -0.3 is 15.8 Å². The molecule has 0 unspecified atom stereocenters. The number of ether oxygens (including phenoxy) is 1. The summed E-state index contributed by atoms with van der Waals surface area (Å²) in [5.41, 5.74) is 8.87. The third-order valence-electron chi connectivity index (χ3n) is 4.58. The van der Waals surface area contributed by atoms with Crippen molar-refractivity contribution in [3.05, 3.63) is 39.3 Å². The van der Waals surface area contributed by atoms with E-state index in [0.29, 0.717) is 33.5 Å². The van der Waals surface area contributed by atoms with E-state index in [9.17, 15) is 14.4 Å². The number of nitrogens with one attached hydrogen (secondary N) is 1. The topological polar surface area (TPSA) is 142 Å². The van der Waals surface area contributed by atoms with Crippen LogP contribution in [0.2, 0.25) is 0 Å². The zero-order chi connectivity index (χ0) is 22.0. The molecule has 11 heteroatoms. The van der Waals surface area contributed by atoms with Gasteiger partial charge in [-0.3, -0.25) is 9.59 Å². The van der Waals surface area contributed by atoms with Crippen LogP contribution in [0.25, 0.3) is 5.65 Å². The number of nitrogens with zero attached hydrogens (tertiary/aromatic N) is 4. The molecule has 3 rings (SSSR count). The first-order chi connectivity index (χ1) is 14.2. The summed E-state index contributed by atoms with van der Waals surface area (Å²) in [4.78, 5) is 44.9. The number of carbonyl (C=O) groups excluding carboxylic acids is 3. The van der Waals surface area contributed by atoms with E-state index in [0.717, 1.165) is 22.6 Å². The lowest BCUT2D eigenvalue weighted by Gasteiger charge is -2.11. The normalized spacial score (nSPS) is 10.9. The summed E-state index contributed by atoms with van der Waals surface area (Å²) in [6, 6.07) is 0. The molecule has 3 aromatic rings. The molecule has 0 bridgehead atoms. The third-order valence-corrected chi connectivity index (χ3v) is 5.63. The number of fused-ring (bicyclic) bond motifs is 1. The van der Waals surface area contributed by atoms with Gasteiger partial charge in [-0.05, 0) is 39.7 Å². The van der Waals surface area contributed by atoms with Crippen molar-refractivity contribution >= 4 is 39.9 Å². The standard InChI is InChI=1S/C19H22N6O4S/c1-5-29-18(28)15-10(3)23-19(30-15)24-14(26)7-6-12-9(2)22-17-13(16(20)27)8-21-25(17)11(12)4/h8H,5-7H2,1-4H3,(H2,20,27)(H,23,24,26). The van der Waals surface area contributed by atoms with Crippen LogP contribution in [0.5, 0.6) is 0 Å². The molecule has 30 heavy (non-hydrogen) atoms. The molecule has 0 aliphatic rings. The smallest absolute Gasteiger partial charge is 0.350 e. The SMILES string of the molecule is CCOC(=O)c1sc(NC(=O)CCc2c(C)nc3c(C(N)=O)cnn3c2C)nc1C. The molecule has 0 radical (unpaired) electrons. The zero-order valence-corrected chi connectivity index (χ0v) is 17.9. The Bertz CT molecular complexity index is 1150. The molecule has 3 heterocycles. The molecular weight excluding hydrogens is 408 g/mol. The van der Waals surface area contributed by atoms with Crippen molar-refractivity contribution in [3.8, 4) is 0 Å². The molecule has 0 aliphatic carbocycles. The number of aryl methyl sites for hydroxylation is 3. The number of primary amides is 1. The first kappa shape index (κ1) is 21.4. The van der Waals surface area contributed by atoms with E-state index in [-0.39, 0.29) is 24.5 Å². The molecule has 3 aromatic heterocycles. The van der Waals surface area contributed by atoms with Crippen molar-refractivity contribution in [1.82, 2.24) is 19.6 Å². The predicted molar refractivity (Wildman–Crippen MR) is 111 cm³/mol. The maximum absolute atomic E-state index is 12.4. The minimum Gasteiger partial charge on any atom is -0.462 e. The average molecular weight is 430 g/mol. The van der Waals surface area contributed by atoms with Crippen molar-refractivity contribution in [3.63, 3.8) is 0 Å². The second-order valence-electron chi connectivity index (χ2n) is 6.62. The van der Waals surface area contributed by atoms with Crippen LogP contribution in [0.4, 0.5) is 5.13 Å². The quantitative estimate of drug-likeness (QED) is 0.546. The molecule has 0 saturated carbocycles. The van der Waals surface area contributed by atoms with Gasteiger partial charge in [0.1, 0.15) is 10.4 Å². The summed E-state index contributed by atoms with van der Waals surface area (Å²) in [6.45, 7) is 7.35. The van der Waals surface area contributed by atoms with Crippen LogP contribution in [0.15, 0.2) is 6.20 Å². The maximum atomic E-state index is 12.4. The van der Waals surface area contributed by atoms with Crippen LogP contribution in [0, 0.1) is 20.8 Å². The highest BCUT2D eigenvalue weighted by Gasteiger charge is 2.19. The van der Waals surface area contributed by atoms with Crippen LogP contribution in [0.3, 0.4) is 0 Å². The Balaban J connectivity index is 1.72. The number of esters is 1. The molecular formula is C19H22N6O4S. The van der Waals surface area contributed by atoms with E-state index < -0.39 is 11.9 Å². The fraction of sp³-hybridized carbons (Fsp3) is 0.368. The highest BCUT2D eigenvalue weighted by molar-refractivity contribution is 7.17. The lowest BCUT2D eigenvalue weighted by Crippen LogP contribution is -2.15. The number of anilines is 1. The molecule has 2 amide bonds. The van der Waals surface area contributed by atoms with Crippen molar-refractivity contribution < 1.29 is 19.1 Å². The molecule has 158 valence electrons. The summed E-state index contributed by atoms with van der Waals surface area (Å²) in [5.74, 6) is -1.28. The van der Waals surface area contributed by atoms with E-state index in [2.05, 4.69) is 20.4 Å². The first-order valence-electron chi connectivity index (χ1n) is 9.30. The number of nitrogens with two attached hydrogens (primary N) is 1. The number of thiazole rings is 1. The van der Waals surface area contributed by atoms with Gasteiger partial charge in [-0.25, -0.2) is 19.3 Å². The van der Waals surface area contributed by atoms with Crippen LogP contribution in [0.1, 0.15) is 56.0 Å². The number of amides is 2. The maximum Gasteiger partial charge on any atom is 0.350 e. The molecule has 0 atom stereocenters. The summed E-state index contributed by atoms with van der Waals surface area (Å²) < 4.78 is 6.54. The van der Waals surface area contributed by atoms with Crippen molar-refractivity contribution in [2.24, 2.45) is 5.73 Å². The summed E-state index contributed by atoms with van der Waals surface area (Å²) in [7, 11) is 0. The molecule has 0 spiro atoms. The highest BCUT2D eigenvalue weighted by Crippen LogP contribution is 2.24. The zero-order valence-electron chi connectivity index (χ0n) is 17.1. The number of hydrogen-bond donors (Lipinski definition) is 2. The molecule has 10 nitrogen and oxygen atoms in total. The Morgan fingerprint density at radius 3 is 2.60 bits per heavy atom. The minimum absolute atomic E-state index is 0.187. The second kappa shape index (κ2) is 8.57. The fourth-order valence-electron chi connectivity index (χ4n) is 3.10. The Labute approximate surface area is 176 Å². The van der Waals surface area contributed by atoms with Gasteiger partial charge >= 0.3 is 5.97 Å². The number of hydrogen-bond acceptors (Lipinski definition) is 8. The van der Waals surface area contributed by atoms with Crippen LogP contribution in [-0.2, 0) is 16.0 Å². The van der Waals surface area contributed by atoms with E-state index in [1.807, 2.05) is 13.8 Å². The molecule has 0 fully saturated rings. The Hall–Kier alpha value is -3.34. The van der Waals surface area contributed by atoms with Gasteiger partial charge in [-0.1, -0.05) is 11.3 Å². The highest BCUT2D eigenvalue weighted by atomic mass is 32.1. The Morgan fingerprint density at radius 2 is 1.93 bits per heavy atom. The van der Waals surface area contributed by atoms with Gasteiger partial charge in [0, 0.05) is 17.8 Å². The van der Waals surface area contributed by atoms with Gasteiger partial charge in [0.2, 0.25) is 5.91 Å². The van der Waals surface area contributed by atoms with Crippen LogP contribution < -0.4 is 11.1 Å². The van der Waals surface area contributed by atoms with Gasteiger partial charge in [0.05, 0.1) is 18.5 Å². The van der Waals surface area contributed by atoms with Crippen LogP contribution in [-0.4, -0.2) is 44.0 Å². The number of carbonyl (C=O) groups is 3. The van der Waals surface area contributed by atoms with Gasteiger partial charge in [0.15, 0.2) is 10.8 Å². The van der Waals surface area contributed by atoms with Gasteiger partial charge in [-0.15, -0.1) is 0 Å². The summed E-state index contributed by atoms with van der Waals surface area (Å²) >= 11 is 1.08. The van der Waals surface area contributed by atoms with E-state index >= 15 is 0 Å². The molecule has 0 saturated heterocycles. The van der Waals surface area contributed by atoms with Crippen molar-refractivity contribution in [2.75, 3.05) is 11.9 Å². The lowest BCUT2D eigenvalue weighted by molar-refractivity contribution is -0.116. The Kier molecular flexibility index (Phi) is 6.11. The minimum atomic E-state index is -0.593. The molecule has 0 aromatic carbocycles. The van der Waals surface area contributed by atoms with E-state index in [4.69, 9.17) is 10.5 Å². The largest absolute Gasteiger partial charge is 0.462 e. The predicted octanol–water partition coefficient (Wildman–Crippen LogP) is 1.96. The summed E-state index contributed by atoms with van der Waals surface area (Å²) in [6.07, 6.45) is 2.00. The monoisotopic (exact) mass is 430 g/mol. The number of rotatable bonds is 7. The average Bonchev–Trinajstić information content (AvgIpc) is 3.25. The summed E-state index contributed by atoms with van der Waals surface area (Å²) in [5, 5.41) is 7.25. The number of aromatic nitrogens is 4. The second-order valence-corrected chi connectivity index (χ2v) is 7.62. The fourth-order valence-corrected chi connectivity index (χ4v) is 3.98. The third kappa shape index (κ3) is 4.15. The van der Waals surface area contributed by atoms with Crippen molar-refractivity contribution in [2.45, 2.75) is 40.5 Å². The van der Waals surface area contributed by atoms with E-state index in [1.165, 1.54) is 6.20 Å². The Morgan fingerprint density at radius 1 is 1.20 bits per heavy atom. The van der Waals surface area contributed by atoms with Crippen molar-refractivity contribution in [1.29, 1.82) is 0 Å².